The highest BCUT2D eigenvalue weighted by molar-refractivity contribution is 7.00. The lowest BCUT2D eigenvalue weighted by atomic mass is 9.33. The molecule has 0 saturated carbocycles. The number of benzene rings is 9. The maximum atomic E-state index is 2.61. The van der Waals surface area contributed by atoms with E-state index in [9.17, 15) is 0 Å². The molecular formula is C58H46BN3. The van der Waals surface area contributed by atoms with E-state index in [1.807, 2.05) is 0 Å². The first-order valence-corrected chi connectivity index (χ1v) is 21.9. The second-order valence-electron chi connectivity index (χ2n) is 17.9. The fourth-order valence-electron chi connectivity index (χ4n) is 11.3. The zero-order chi connectivity index (χ0) is 41.9. The molecule has 2 heterocycles. The van der Waals surface area contributed by atoms with Crippen LogP contribution < -0.4 is 31.1 Å². The number of hydrogen-bond donors (Lipinski definition) is 0. The van der Waals surface area contributed by atoms with Gasteiger partial charge < -0.3 is 14.7 Å². The molecule has 0 bridgehead atoms. The van der Waals surface area contributed by atoms with Crippen LogP contribution in [-0.4, -0.2) is 6.71 Å². The predicted octanol–water partition coefficient (Wildman–Crippen LogP) is 13.6. The minimum absolute atomic E-state index is 0.0423. The summed E-state index contributed by atoms with van der Waals surface area (Å²) in [5.41, 5.74) is 23.7. The summed E-state index contributed by atoms with van der Waals surface area (Å²) in [7, 11) is 0. The lowest BCUT2D eigenvalue weighted by molar-refractivity contribution is 0.646. The second-order valence-corrected chi connectivity index (χ2v) is 17.9. The van der Waals surface area contributed by atoms with Gasteiger partial charge in [-0.1, -0.05) is 141 Å². The molecule has 9 aromatic carbocycles. The molecule has 2 aliphatic heterocycles. The molecule has 4 heteroatoms. The summed E-state index contributed by atoms with van der Waals surface area (Å²) in [6, 6.07) is 70.1. The molecule has 0 aromatic heterocycles. The molecule has 0 saturated heterocycles. The molecule has 0 radical (unpaired) electrons. The van der Waals surface area contributed by atoms with E-state index in [4.69, 9.17) is 0 Å². The molecule has 0 amide bonds. The van der Waals surface area contributed by atoms with Crippen molar-refractivity contribution < 1.29 is 0 Å². The van der Waals surface area contributed by atoms with Crippen molar-refractivity contribution in [3.8, 4) is 11.1 Å². The van der Waals surface area contributed by atoms with Gasteiger partial charge in [-0.2, -0.15) is 0 Å². The lowest BCUT2D eigenvalue weighted by Gasteiger charge is -2.46. The van der Waals surface area contributed by atoms with Gasteiger partial charge in [0.05, 0.1) is 11.4 Å². The Balaban J connectivity index is 1.16. The van der Waals surface area contributed by atoms with E-state index >= 15 is 0 Å². The Morgan fingerprint density at radius 2 is 1.06 bits per heavy atom. The van der Waals surface area contributed by atoms with Crippen molar-refractivity contribution in [2.75, 3.05) is 14.7 Å². The summed E-state index contributed by atoms with van der Waals surface area (Å²) in [5.74, 6) is 0. The zero-order valence-corrected chi connectivity index (χ0v) is 35.8. The third-order valence-electron chi connectivity index (χ3n) is 13.8. The monoisotopic (exact) mass is 795 g/mol. The molecule has 0 spiro atoms. The Labute approximate surface area is 365 Å². The Morgan fingerprint density at radius 1 is 0.468 bits per heavy atom. The van der Waals surface area contributed by atoms with E-state index in [0.717, 1.165) is 11.4 Å². The highest BCUT2D eigenvalue weighted by Crippen LogP contribution is 2.54. The van der Waals surface area contributed by atoms with E-state index in [2.05, 4.69) is 237 Å². The Bertz CT molecular complexity index is 3200. The van der Waals surface area contributed by atoms with Crippen LogP contribution in [0.3, 0.4) is 0 Å². The molecule has 3 nitrogen and oxygen atoms in total. The highest BCUT2D eigenvalue weighted by Gasteiger charge is 2.45. The van der Waals surface area contributed by atoms with Gasteiger partial charge in [-0.15, -0.1) is 0 Å². The maximum Gasteiger partial charge on any atom is 0.252 e. The van der Waals surface area contributed by atoms with Crippen LogP contribution in [0.15, 0.2) is 188 Å². The smallest absolute Gasteiger partial charge is 0.252 e. The summed E-state index contributed by atoms with van der Waals surface area (Å²) < 4.78 is 0. The van der Waals surface area contributed by atoms with Crippen LogP contribution in [0.1, 0.15) is 41.7 Å². The van der Waals surface area contributed by atoms with Crippen molar-refractivity contribution in [1.82, 2.24) is 0 Å². The van der Waals surface area contributed by atoms with Crippen molar-refractivity contribution in [3.63, 3.8) is 0 Å². The number of fused-ring (bicyclic) bond motifs is 6. The molecule has 1 aliphatic carbocycles. The van der Waals surface area contributed by atoms with Gasteiger partial charge in [-0.25, -0.2) is 0 Å². The van der Waals surface area contributed by atoms with E-state index < -0.39 is 0 Å². The number of anilines is 9. The quantitative estimate of drug-likeness (QED) is 0.161. The third-order valence-corrected chi connectivity index (χ3v) is 13.8. The maximum absolute atomic E-state index is 2.61. The summed E-state index contributed by atoms with van der Waals surface area (Å²) in [5, 5.41) is 2.58. The average molecular weight is 796 g/mol. The van der Waals surface area contributed by atoms with Gasteiger partial charge in [-0.05, 0) is 143 Å². The minimum atomic E-state index is -0.287. The van der Waals surface area contributed by atoms with Gasteiger partial charge in [0.2, 0.25) is 0 Å². The summed E-state index contributed by atoms with van der Waals surface area (Å²) in [6.07, 6.45) is 0. The van der Waals surface area contributed by atoms with Crippen molar-refractivity contribution in [1.29, 1.82) is 0 Å². The van der Waals surface area contributed by atoms with Gasteiger partial charge >= 0.3 is 0 Å². The average Bonchev–Trinajstić information content (AvgIpc) is 3.29. The number of para-hydroxylation sites is 4. The van der Waals surface area contributed by atoms with Crippen LogP contribution in [0, 0.1) is 20.8 Å². The van der Waals surface area contributed by atoms with Crippen LogP contribution >= 0.6 is 0 Å². The normalized spacial score (nSPS) is 13.9. The van der Waals surface area contributed by atoms with E-state index in [1.165, 1.54) is 106 Å². The highest BCUT2D eigenvalue weighted by atomic mass is 15.2. The Hall–Kier alpha value is -7.30. The lowest BCUT2D eigenvalue weighted by Crippen LogP contribution is -2.61. The van der Waals surface area contributed by atoms with Gasteiger partial charge in [0.25, 0.3) is 6.71 Å². The molecule has 0 N–H and O–H groups in total. The standard InChI is InChI=1S/C58H46BN3/c1-37-33-38(2)57(39(3)34-37)62-53-30-18-29-52-56(53)59(48-27-15-16-28-51(48)61(52)42-23-13-8-14-24-42)49-36-47-45(35-54(49)62)43-31-32-50(44-25-17-26-46(55(43)44)58(47,4)5)60(40-19-9-6-10-20-40)41-21-11-7-12-22-41/h6-36H,1-5H3. The summed E-state index contributed by atoms with van der Waals surface area (Å²) >= 11 is 0. The molecule has 62 heavy (non-hydrogen) atoms. The molecule has 12 rings (SSSR count). The van der Waals surface area contributed by atoms with E-state index in [-0.39, 0.29) is 12.1 Å². The Kier molecular flexibility index (Phi) is 8.02. The molecule has 0 fully saturated rings. The number of nitrogens with zero attached hydrogens (tertiary/aromatic N) is 3. The van der Waals surface area contributed by atoms with Crippen molar-refractivity contribution in [2.24, 2.45) is 0 Å². The van der Waals surface area contributed by atoms with Gasteiger partial charge in [0, 0.05) is 50.6 Å². The van der Waals surface area contributed by atoms with Crippen LogP contribution in [0.4, 0.5) is 51.2 Å². The molecule has 0 unspecified atom stereocenters. The van der Waals surface area contributed by atoms with Crippen LogP contribution in [-0.2, 0) is 5.41 Å². The van der Waals surface area contributed by atoms with Crippen molar-refractivity contribution in [2.45, 2.75) is 40.0 Å². The van der Waals surface area contributed by atoms with Gasteiger partial charge in [-0.3, -0.25) is 0 Å². The van der Waals surface area contributed by atoms with E-state index in [1.54, 1.807) is 0 Å². The van der Waals surface area contributed by atoms with E-state index in [0.29, 0.717) is 0 Å². The zero-order valence-electron chi connectivity index (χ0n) is 35.8. The van der Waals surface area contributed by atoms with Crippen molar-refractivity contribution in [3.05, 3.63) is 216 Å². The molecule has 0 atom stereocenters. The first-order chi connectivity index (χ1) is 30.3. The van der Waals surface area contributed by atoms with Gasteiger partial charge in [0.1, 0.15) is 0 Å². The minimum Gasteiger partial charge on any atom is -0.311 e. The first kappa shape index (κ1) is 36.5. The number of aryl methyl sites for hydroxylation is 3. The second kappa shape index (κ2) is 13.6. The fourth-order valence-corrected chi connectivity index (χ4v) is 11.3. The topological polar surface area (TPSA) is 9.72 Å². The molecule has 296 valence electrons. The SMILES string of the molecule is Cc1cc(C)c(N2c3cc4c(cc3B3c5ccccc5N(c5ccccc5)c5cccc2c53)C(C)(C)c2cccc3c(N(c5ccccc5)c5ccccc5)ccc-4c23)c(C)c1. The third kappa shape index (κ3) is 5.19. The number of hydrogen-bond acceptors (Lipinski definition) is 3. The van der Waals surface area contributed by atoms with Crippen LogP contribution in [0.2, 0.25) is 0 Å². The fraction of sp³-hybridized carbons (Fsp3) is 0.103. The number of rotatable bonds is 5. The molecular weight excluding hydrogens is 749 g/mol. The van der Waals surface area contributed by atoms with Gasteiger partial charge in [0.15, 0.2) is 0 Å². The molecule has 9 aromatic rings. The first-order valence-electron chi connectivity index (χ1n) is 21.9. The summed E-state index contributed by atoms with van der Waals surface area (Å²) in [6.45, 7) is 11.7. The van der Waals surface area contributed by atoms with Crippen LogP contribution in [0.5, 0.6) is 0 Å². The predicted molar refractivity (Wildman–Crippen MR) is 264 cm³/mol. The largest absolute Gasteiger partial charge is 0.311 e. The molecule has 3 aliphatic rings. The Morgan fingerprint density at radius 3 is 1.76 bits per heavy atom. The van der Waals surface area contributed by atoms with Crippen molar-refractivity contribution >= 4 is 85.1 Å². The summed E-state index contributed by atoms with van der Waals surface area (Å²) in [4.78, 5) is 7.50. The van der Waals surface area contributed by atoms with Crippen LogP contribution in [0.25, 0.3) is 21.9 Å².